The molecule has 0 N–H and O–H groups in total. The topological polar surface area (TPSA) is 13.1 Å². The molecule has 122 valence electrons. The predicted molar refractivity (Wildman–Crippen MR) is 102 cm³/mol. The first-order valence-corrected chi connectivity index (χ1v) is 8.70. The zero-order chi connectivity index (χ0) is 17.3. The number of fused-ring (bicyclic) bond motifs is 3. The summed E-state index contributed by atoms with van der Waals surface area (Å²) >= 11 is 0. The van der Waals surface area contributed by atoms with E-state index in [9.17, 15) is 0 Å². The van der Waals surface area contributed by atoms with Gasteiger partial charge in [-0.25, -0.2) is 0 Å². The summed E-state index contributed by atoms with van der Waals surface area (Å²) in [5.74, 6) is 1.95. The van der Waals surface area contributed by atoms with Gasteiger partial charge in [0, 0.05) is 13.0 Å². The van der Waals surface area contributed by atoms with Gasteiger partial charge in [-0.1, -0.05) is 36.4 Å². The molecule has 0 saturated heterocycles. The highest BCUT2D eigenvalue weighted by molar-refractivity contribution is 6.05. The monoisotopic (exact) mass is 326 g/mol. The van der Waals surface area contributed by atoms with Crippen LogP contribution in [0.15, 0.2) is 48.5 Å². The highest BCUT2D eigenvalue weighted by Crippen LogP contribution is 2.49. The van der Waals surface area contributed by atoms with Crippen LogP contribution >= 0.6 is 0 Å². The van der Waals surface area contributed by atoms with E-state index < -0.39 is 0 Å². The SMILES string of the molecule is Cc1ccc2cc(C)[n+](C)c3c2c1Oc1cc2ccccc2c(C)c1-3. The highest BCUT2D eigenvalue weighted by Gasteiger charge is 2.31. The molecule has 0 fully saturated rings. The number of hydrogen-bond donors (Lipinski definition) is 0. The van der Waals surface area contributed by atoms with Gasteiger partial charge in [0.2, 0.25) is 5.69 Å². The van der Waals surface area contributed by atoms with E-state index in [2.05, 4.69) is 80.9 Å². The Labute approximate surface area is 147 Å². The van der Waals surface area contributed by atoms with Crippen molar-refractivity contribution >= 4 is 21.5 Å². The Morgan fingerprint density at radius 2 is 1.68 bits per heavy atom. The zero-order valence-corrected chi connectivity index (χ0v) is 15.0. The van der Waals surface area contributed by atoms with E-state index >= 15 is 0 Å². The van der Waals surface area contributed by atoms with Gasteiger partial charge in [-0.3, -0.25) is 0 Å². The van der Waals surface area contributed by atoms with E-state index in [0.717, 1.165) is 11.5 Å². The van der Waals surface area contributed by atoms with Gasteiger partial charge in [0.25, 0.3) is 0 Å². The second kappa shape index (κ2) is 4.82. The summed E-state index contributed by atoms with van der Waals surface area (Å²) in [6, 6.07) is 17.3. The molecule has 2 nitrogen and oxygen atoms in total. The van der Waals surface area contributed by atoms with Gasteiger partial charge in [-0.2, -0.15) is 4.57 Å². The molecule has 3 aromatic carbocycles. The molecule has 0 radical (unpaired) electrons. The third-order valence-corrected chi connectivity index (χ3v) is 5.57. The molecule has 5 rings (SSSR count). The average molecular weight is 326 g/mol. The molecule has 0 saturated carbocycles. The minimum Gasteiger partial charge on any atom is -0.455 e. The summed E-state index contributed by atoms with van der Waals surface area (Å²) in [6.07, 6.45) is 0. The van der Waals surface area contributed by atoms with Gasteiger partial charge in [0.1, 0.15) is 18.5 Å². The molecular formula is C23H20NO+. The Kier molecular flexibility index (Phi) is 2.79. The molecule has 2 heterocycles. The maximum Gasteiger partial charge on any atom is 0.228 e. The average Bonchev–Trinajstić information content (AvgIpc) is 2.61. The molecule has 0 unspecified atom stereocenters. The van der Waals surface area contributed by atoms with Crippen molar-refractivity contribution in [1.29, 1.82) is 0 Å². The van der Waals surface area contributed by atoms with Gasteiger partial charge in [0.05, 0.1) is 10.9 Å². The first-order valence-electron chi connectivity index (χ1n) is 8.70. The fourth-order valence-electron chi connectivity index (χ4n) is 4.14. The van der Waals surface area contributed by atoms with Gasteiger partial charge >= 0.3 is 0 Å². The van der Waals surface area contributed by atoms with E-state index in [0.29, 0.717) is 0 Å². The van der Waals surface area contributed by atoms with E-state index in [4.69, 9.17) is 4.74 Å². The Hall–Kier alpha value is -2.87. The van der Waals surface area contributed by atoms with Crippen molar-refractivity contribution in [2.24, 2.45) is 7.05 Å². The van der Waals surface area contributed by atoms with Crippen molar-refractivity contribution in [3.05, 3.63) is 65.4 Å². The summed E-state index contributed by atoms with van der Waals surface area (Å²) in [5, 5.41) is 4.97. The first-order chi connectivity index (χ1) is 12.1. The summed E-state index contributed by atoms with van der Waals surface area (Å²) in [7, 11) is 2.15. The minimum absolute atomic E-state index is 0.959. The number of pyridine rings is 1. The Balaban J connectivity index is 2.05. The molecule has 1 aliphatic rings. The summed E-state index contributed by atoms with van der Waals surface area (Å²) in [5.41, 5.74) is 6.18. The lowest BCUT2D eigenvalue weighted by Gasteiger charge is -2.23. The first kappa shape index (κ1) is 14.5. The summed E-state index contributed by atoms with van der Waals surface area (Å²) < 4.78 is 8.75. The summed E-state index contributed by atoms with van der Waals surface area (Å²) in [4.78, 5) is 0. The molecule has 1 aliphatic heterocycles. The Morgan fingerprint density at radius 3 is 2.52 bits per heavy atom. The molecule has 4 aromatic rings. The fraction of sp³-hybridized carbons (Fsp3) is 0.174. The molecule has 0 spiro atoms. The van der Waals surface area contributed by atoms with Gasteiger partial charge in [-0.15, -0.1) is 0 Å². The number of aromatic nitrogens is 1. The van der Waals surface area contributed by atoms with Gasteiger partial charge in [-0.05, 0) is 47.2 Å². The quantitative estimate of drug-likeness (QED) is 0.342. The van der Waals surface area contributed by atoms with Crippen LogP contribution in [0.2, 0.25) is 0 Å². The third kappa shape index (κ3) is 1.82. The van der Waals surface area contributed by atoms with Crippen molar-refractivity contribution in [1.82, 2.24) is 0 Å². The van der Waals surface area contributed by atoms with E-state index in [1.807, 2.05) is 0 Å². The molecule has 0 amide bonds. The number of benzene rings is 3. The van der Waals surface area contributed by atoms with Crippen molar-refractivity contribution in [3.8, 4) is 22.8 Å². The lowest BCUT2D eigenvalue weighted by atomic mass is 9.91. The zero-order valence-electron chi connectivity index (χ0n) is 15.0. The lowest BCUT2D eigenvalue weighted by molar-refractivity contribution is -0.665. The van der Waals surface area contributed by atoms with E-state index in [1.165, 1.54) is 49.6 Å². The number of aryl methyl sites for hydroxylation is 3. The maximum absolute atomic E-state index is 6.45. The smallest absolute Gasteiger partial charge is 0.228 e. The van der Waals surface area contributed by atoms with E-state index in [1.54, 1.807) is 0 Å². The minimum atomic E-state index is 0.959. The molecule has 1 aromatic heterocycles. The van der Waals surface area contributed by atoms with Crippen LogP contribution in [-0.4, -0.2) is 0 Å². The van der Waals surface area contributed by atoms with Gasteiger partial charge in [0.15, 0.2) is 5.69 Å². The normalized spacial score (nSPS) is 12.3. The predicted octanol–water partition coefficient (Wildman–Crippen LogP) is 5.52. The Morgan fingerprint density at radius 1 is 0.880 bits per heavy atom. The number of hydrogen-bond acceptors (Lipinski definition) is 1. The molecular weight excluding hydrogens is 306 g/mol. The van der Waals surface area contributed by atoms with Crippen molar-refractivity contribution in [2.45, 2.75) is 20.8 Å². The highest BCUT2D eigenvalue weighted by atomic mass is 16.5. The molecule has 0 atom stereocenters. The second-order valence-electron chi connectivity index (χ2n) is 7.07. The molecule has 0 bridgehead atoms. The number of ether oxygens (including phenoxy) is 1. The van der Waals surface area contributed by atoms with Crippen LogP contribution in [0, 0.1) is 20.8 Å². The van der Waals surface area contributed by atoms with Crippen LogP contribution < -0.4 is 9.30 Å². The fourth-order valence-corrected chi connectivity index (χ4v) is 4.14. The van der Waals surface area contributed by atoms with Crippen LogP contribution in [0.1, 0.15) is 16.8 Å². The standard InChI is InChI=1S/C23H20NO/c1-13-9-10-17-11-14(2)24(4)22-20-15(3)18-8-6-5-7-16(18)12-19(20)25-23(13)21(17)22/h5-12H,1-4H3/q+1. The van der Waals surface area contributed by atoms with Crippen LogP contribution in [0.5, 0.6) is 11.5 Å². The lowest BCUT2D eigenvalue weighted by Crippen LogP contribution is -2.35. The summed E-state index contributed by atoms with van der Waals surface area (Å²) in [6.45, 7) is 6.50. The number of rotatable bonds is 0. The Bertz CT molecular complexity index is 1200. The third-order valence-electron chi connectivity index (χ3n) is 5.57. The molecule has 2 heteroatoms. The van der Waals surface area contributed by atoms with Crippen molar-refractivity contribution in [2.75, 3.05) is 0 Å². The molecule has 25 heavy (non-hydrogen) atoms. The second-order valence-corrected chi connectivity index (χ2v) is 7.07. The van der Waals surface area contributed by atoms with Crippen molar-refractivity contribution in [3.63, 3.8) is 0 Å². The van der Waals surface area contributed by atoms with E-state index in [-0.39, 0.29) is 0 Å². The number of nitrogens with zero attached hydrogens (tertiary/aromatic N) is 1. The maximum atomic E-state index is 6.45. The van der Waals surface area contributed by atoms with Crippen molar-refractivity contribution < 1.29 is 9.30 Å². The molecule has 0 aliphatic carbocycles. The van der Waals surface area contributed by atoms with Crippen LogP contribution in [0.3, 0.4) is 0 Å². The van der Waals surface area contributed by atoms with Crippen LogP contribution in [-0.2, 0) is 7.05 Å². The van der Waals surface area contributed by atoms with Crippen LogP contribution in [0.25, 0.3) is 32.8 Å². The van der Waals surface area contributed by atoms with Crippen LogP contribution in [0.4, 0.5) is 0 Å². The van der Waals surface area contributed by atoms with Gasteiger partial charge < -0.3 is 4.74 Å². The largest absolute Gasteiger partial charge is 0.455 e.